The van der Waals surface area contributed by atoms with Gasteiger partial charge in [-0.15, -0.1) is 0 Å². The Morgan fingerprint density at radius 2 is 0.941 bits per heavy atom. The molecule has 11 aromatic rings. The number of hydrogen-bond donors (Lipinski definition) is 0. The van der Waals surface area contributed by atoms with Crippen LogP contribution >= 0.6 is 0 Å². The van der Waals surface area contributed by atoms with Crippen LogP contribution in [0.15, 0.2) is 235 Å². The van der Waals surface area contributed by atoms with Gasteiger partial charge in [0.15, 0.2) is 5.82 Å². The molecule has 14 rings (SSSR count). The van der Waals surface area contributed by atoms with Crippen molar-refractivity contribution in [3.8, 4) is 78.3 Å². The lowest BCUT2D eigenvalue weighted by molar-refractivity contribution is 0.670. The molecule has 3 aliphatic carbocycles. The van der Waals surface area contributed by atoms with Crippen LogP contribution in [0, 0.1) is 0 Å². The summed E-state index contributed by atoms with van der Waals surface area (Å²) in [5.74, 6) is 0.719. The summed E-state index contributed by atoms with van der Waals surface area (Å²) in [5.41, 5.74) is 23.3. The molecular weight excluding hydrogens is 825 g/mol. The van der Waals surface area contributed by atoms with Crippen molar-refractivity contribution in [3.63, 3.8) is 0 Å². The van der Waals surface area contributed by atoms with Crippen molar-refractivity contribution in [2.75, 3.05) is 0 Å². The van der Waals surface area contributed by atoms with Crippen molar-refractivity contribution < 1.29 is 4.42 Å². The minimum Gasteiger partial charge on any atom is -0.455 e. The fraction of sp³-hybridized carbons (Fsp3) is 0.0462. The average molecular weight is 867 g/mol. The highest BCUT2D eigenvalue weighted by Gasteiger charge is 2.51. The number of allylic oxidation sites excluding steroid dienone is 4. The molecule has 0 saturated carbocycles. The van der Waals surface area contributed by atoms with Crippen LogP contribution < -0.4 is 0 Å². The molecule has 0 radical (unpaired) electrons. The SMILES string of the molecule is C1=CC(c2cc(-c3cc(-c4ccccc4)cc(-c4ccc5c(c4)C4(c6ccccc6-5)c5ccccc5-c5ccc(-c6cccc7c6oc6ccccc67)cc54)c3)nc(-c3ccccc3)n2)=CCC1. The molecule has 2 heterocycles. The monoisotopic (exact) mass is 866 g/mol. The van der Waals surface area contributed by atoms with Gasteiger partial charge in [-0.3, -0.25) is 0 Å². The topological polar surface area (TPSA) is 38.9 Å². The van der Waals surface area contributed by atoms with E-state index in [1.165, 1.54) is 44.5 Å². The first kappa shape index (κ1) is 38.6. The van der Waals surface area contributed by atoms with Gasteiger partial charge in [-0.2, -0.15) is 0 Å². The second kappa shape index (κ2) is 15.2. The summed E-state index contributed by atoms with van der Waals surface area (Å²) >= 11 is 0. The van der Waals surface area contributed by atoms with Gasteiger partial charge >= 0.3 is 0 Å². The minimum atomic E-state index is -0.557. The van der Waals surface area contributed by atoms with Gasteiger partial charge in [0.05, 0.1) is 16.8 Å². The molecule has 9 aromatic carbocycles. The van der Waals surface area contributed by atoms with E-state index in [0.29, 0.717) is 0 Å². The molecule has 0 fully saturated rings. The van der Waals surface area contributed by atoms with E-state index in [1.54, 1.807) is 0 Å². The second-order valence-corrected chi connectivity index (χ2v) is 18.3. The summed E-state index contributed by atoms with van der Waals surface area (Å²) in [4.78, 5) is 10.5. The summed E-state index contributed by atoms with van der Waals surface area (Å²) < 4.78 is 6.65. The van der Waals surface area contributed by atoms with Crippen molar-refractivity contribution in [1.29, 1.82) is 0 Å². The van der Waals surface area contributed by atoms with Gasteiger partial charge < -0.3 is 4.42 Å². The Morgan fingerprint density at radius 1 is 0.368 bits per heavy atom. The standard InChI is InChI=1S/C65H42N2O/c1-4-17-41(18-5-1)46-35-47(37-48(36-46)61-40-60(42-19-6-2-7-20-42)66-64(67-61)43-21-8-3-9-22-43)44-31-33-52-50-23-10-13-28-56(50)65(58(52)38-44)57-29-14-11-24-51(57)53-34-32-45(39-59(53)65)49-26-16-27-55-54-25-12-15-30-62(54)68-63(49)55/h1,3-6,8-40H,2,7H2. The number of rotatable bonds is 6. The normalized spacial score (nSPS) is 15.3. The van der Waals surface area contributed by atoms with Crippen molar-refractivity contribution in [1.82, 2.24) is 9.97 Å². The lowest BCUT2D eigenvalue weighted by Gasteiger charge is -2.31. The van der Waals surface area contributed by atoms with Crippen LogP contribution in [0.4, 0.5) is 0 Å². The molecule has 0 N–H and O–H groups in total. The molecule has 3 nitrogen and oxygen atoms in total. The van der Waals surface area contributed by atoms with Gasteiger partial charge in [0.25, 0.3) is 0 Å². The van der Waals surface area contributed by atoms with Crippen LogP contribution in [0.3, 0.4) is 0 Å². The summed E-state index contributed by atoms with van der Waals surface area (Å²) in [6, 6.07) is 77.5. The molecule has 3 aliphatic rings. The van der Waals surface area contributed by atoms with E-state index in [4.69, 9.17) is 14.4 Å². The maximum atomic E-state index is 6.65. The van der Waals surface area contributed by atoms with Crippen LogP contribution in [0.2, 0.25) is 0 Å². The summed E-state index contributed by atoms with van der Waals surface area (Å²) in [7, 11) is 0. The fourth-order valence-corrected chi connectivity index (χ4v) is 11.5. The Labute approximate surface area is 395 Å². The molecule has 0 bridgehead atoms. The summed E-state index contributed by atoms with van der Waals surface area (Å²) in [6.07, 6.45) is 8.79. The number of nitrogens with zero attached hydrogens (tertiary/aromatic N) is 2. The van der Waals surface area contributed by atoms with Crippen LogP contribution in [0.1, 0.15) is 40.8 Å². The summed E-state index contributed by atoms with van der Waals surface area (Å²) in [5, 5.41) is 2.27. The molecule has 2 aromatic heterocycles. The Balaban J connectivity index is 0.993. The van der Waals surface area contributed by atoms with Gasteiger partial charge in [-0.1, -0.05) is 188 Å². The van der Waals surface area contributed by atoms with Gasteiger partial charge in [0, 0.05) is 27.5 Å². The number of fused-ring (bicyclic) bond motifs is 13. The Kier molecular flexibility index (Phi) is 8.63. The van der Waals surface area contributed by atoms with Gasteiger partial charge in [-0.25, -0.2) is 9.97 Å². The van der Waals surface area contributed by atoms with Crippen LogP contribution in [-0.4, -0.2) is 9.97 Å². The van der Waals surface area contributed by atoms with E-state index in [0.717, 1.165) is 102 Å². The average Bonchev–Trinajstić information content (AvgIpc) is 4.05. The minimum absolute atomic E-state index is 0.557. The predicted molar refractivity (Wildman–Crippen MR) is 279 cm³/mol. The van der Waals surface area contributed by atoms with Crippen LogP contribution in [0.25, 0.3) is 106 Å². The summed E-state index contributed by atoms with van der Waals surface area (Å²) in [6.45, 7) is 0. The molecule has 1 atom stereocenters. The predicted octanol–water partition coefficient (Wildman–Crippen LogP) is 16.8. The Morgan fingerprint density at radius 3 is 1.68 bits per heavy atom. The first-order valence-electron chi connectivity index (χ1n) is 23.6. The third kappa shape index (κ3) is 5.85. The maximum absolute atomic E-state index is 6.65. The molecule has 3 heteroatoms. The van der Waals surface area contributed by atoms with Gasteiger partial charge in [0.1, 0.15) is 11.2 Å². The maximum Gasteiger partial charge on any atom is 0.160 e. The number of hydrogen-bond acceptors (Lipinski definition) is 3. The van der Waals surface area contributed by atoms with Crippen molar-refractivity contribution in [3.05, 3.63) is 258 Å². The quantitative estimate of drug-likeness (QED) is 0.167. The van der Waals surface area contributed by atoms with E-state index < -0.39 is 5.41 Å². The van der Waals surface area contributed by atoms with E-state index >= 15 is 0 Å². The Hall–Kier alpha value is -8.66. The second-order valence-electron chi connectivity index (χ2n) is 18.3. The molecule has 0 aliphatic heterocycles. The van der Waals surface area contributed by atoms with E-state index in [-0.39, 0.29) is 0 Å². The highest BCUT2D eigenvalue weighted by Crippen LogP contribution is 2.63. The van der Waals surface area contributed by atoms with Crippen molar-refractivity contribution in [2.45, 2.75) is 18.3 Å². The number of aromatic nitrogens is 2. The lowest BCUT2D eigenvalue weighted by atomic mass is 9.70. The molecule has 1 spiro atoms. The molecule has 68 heavy (non-hydrogen) atoms. The first-order chi connectivity index (χ1) is 33.7. The van der Waals surface area contributed by atoms with Crippen LogP contribution in [0.5, 0.6) is 0 Å². The zero-order valence-electron chi connectivity index (χ0n) is 37.2. The van der Waals surface area contributed by atoms with E-state index in [9.17, 15) is 0 Å². The molecule has 1 unspecified atom stereocenters. The zero-order chi connectivity index (χ0) is 44.8. The van der Waals surface area contributed by atoms with E-state index in [2.05, 4.69) is 218 Å². The molecular formula is C65H42N2O. The largest absolute Gasteiger partial charge is 0.455 e. The molecule has 0 amide bonds. The van der Waals surface area contributed by atoms with Gasteiger partial charge in [-0.05, 0) is 133 Å². The van der Waals surface area contributed by atoms with Crippen molar-refractivity contribution in [2.24, 2.45) is 0 Å². The van der Waals surface area contributed by atoms with Gasteiger partial charge in [0.2, 0.25) is 0 Å². The third-order valence-corrected chi connectivity index (χ3v) is 14.5. The number of para-hydroxylation sites is 2. The zero-order valence-corrected chi connectivity index (χ0v) is 37.2. The van der Waals surface area contributed by atoms with Crippen LogP contribution in [-0.2, 0) is 5.41 Å². The highest BCUT2D eigenvalue weighted by molar-refractivity contribution is 6.10. The molecule has 318 valence electrons. The van der Waals surface area contributed by atoms with E-state index in [1.807, 2.05) is 12.1 Å². The highest BCUT2D eigenvalue weighted by atomic mass is 16.3. The smallest absolute Gasteiger partial charge is 0.160 e. The fourth-order valence-electron chi connectivity index (χ4n) is 11.5. The third-order valence-electron chi connectivity index (χ3n) is 14.5. The Bertz CT molecular complexity index is 3900. The molecule has 0 saturated heterocycles. The van der Waals surface area contributed by atoms with Crippen molar-refractivity contribution >= 4 is 27.5 Å². The lowest BCUT2D eigenvalue weighted by Crippen LogP contribution is -2.26. The number of furan rings is 1. The first-order valence-corrected chi connectivity index (χ1v) is 23.6. The number of benzene rings is 9.